The van der Waals surface area contributed by atoms with Crippen LogP contribution in [0.5, 0.6) is 0 Å². The van der Waals surface area contributed by atoms with Crippen molar-refractivity contribution >= 4 is 0 Å². The van der Waals surface area contributed by atoms with E-state index < -0.39 is 0 Å². The molecule has 3 nitrogen and oxygen atoms in total. The van der Waals surface area contributed by atoms with Gasteiger partial charge in [-0.25, -0.2) is 0 Å². The third-order valence-corrected chi connectivity index (χ3v) is 4.25. The molecule has 2 N–H and O–H groups in total. The van der Waals surface area contributed by atoms with Gasteiger partial charge in [-0.2, -0.15) is 0 Å². The van der Waals surface area contributed by atoms with Crippen molar-refractivity contribution in [2.75, 3.05) is 33.7 Å². The average molecular weight is 261 g/mol. The fraction of sp³-hybridized carbons (Fsp3) is 0.625. The molecule has 2 unspecified atom stereocenters. The molecule has 1 aromatic carbocycles. The number of rotatable bonds is 4. The Morgan fingerprint density at radius 2 is 2.11 bits per heavy atom. The van der Waals surface area contributed by atoms with Crippen LogP contribution >= 0.6 is 0 Å². The SMILES string of the molecule is Cc1ccccc1C(N)CN1CCCC(N(C)C)C1. The molecule has 0 bridgehead atoms. The maximum Gasteiger partial charge on any atom is 0.0426 e. The van der Waals surface area contributed by atoms with Crippen LogP contribution in [0.15, 0.2) is 24.3 Å². The van der Waals surface area contributed by atoms with Crippen LogP contribution in [-0.2, 0) is 0 Å². The van der Waals surface area contributed by atoms with Crippen molar-refractivity contribution in [1.29, 1.82) is 0 Å². The van der Waals surface area contributed by atoms with Gasteiger partial charge in [-0.3, -0.25) is 4.90 Å². The molecule has 1 aliphatic heterocycles. The van der Waals surface area contributed by atoms with Gasteiger partial charge in [-0.1, -0.05) is 24.3 Å². The highest BCUT2D eigenvalue weighted by Crippen LogP contribution is 2.19. The van der Waals surface area contributed by atoms with E-state index in [-0.39, 0.29) is 6.04 Å². The van der Waals surface area contributed by atoms with Gasteiger partial charge in [0.2, 0.25) is 0 Å². The van der Waals surface area contributed by atoms with Crippen molar-refractivity contribution < 1.29 is 0 Å². The van der Waals surface area contributed by atoms with Crippen LogP contribution < -0.4 is 5.73 Å². The van der Waals surface area contributed by atoms with E-state index in [2.05, 4.69) is 55.1 Å². The second-order valence-corrected chi connectivity index (χ2v) is 5.98. The number of aryl methyl sites for hydroxylation is 1. The Bertz CT molecular complexity index is 403. The van der Waals surface area contributed by atoms with E-state index in [1.807, 2.05) is 0 Å². The lowest BCUT2D eigenvalue weighted by molar-refractivity contribution is 0.128. The first-order valence-electron chi connectivity index (χ1n) is 7.28. The molecule has 0 spiro atoms. The predicted octanol–water partition coefficient (Wildman–Crippen LogP) is 2.02. The van der Waals surface area contributed by atoms with Gasteiger partial charge in [-0.15, -0.1) is 0 Å². The third-order valence-electron chi connectivity index (χ3n) is 4.25. The molecule has 2 rings (SSSR count). The lowest BCUT2D eigenvalue weighted by atomic mass is 9.99. The van der Waals surface area contributed by atoms with Crippen LogP contribution in [-0.4, -0.2) is 49.6 Å². The minimum Gasteiger partial charge on any atom is -0.323 e. The molecule has 1 heterocycles. The van der Waals surface area contributed by atoms with Crippen LogP contribution in [0, 0.1) is 6.92 Å². The van der Waals surface area contributed by atoms with Crippen LogP contribution in [0.1, 0.15) is 30.0 Å². The molecule has 1 saturated heterocycles. The fourth-order valence-corrected chi connectivity index (χ4v) is 3.00. The molecule has 0 amide bonds. The van der Waals surface area contributed by atoms with E-state index in [4.69, 9.17) is 5.73 Å². The van der Waals surface area contributed by atoms with Gasteiger partial charge in [0.05, 0.1) is 0 Å². The minimum atomic E-state index is 0.127. The maximum atomic E-state index is 6.39. The smallest absolute Gasteiger partial charge is 0.0426 e. The van der Waals surface area contributed by atoms with Crippen molar-refractivity contribution in [3.63, 3.8) is 0 Å². The zero-order chi connectivity index (χ0) is 13.8. The number of nitrogens with two attached hydrogens (primary N) is 1. The summed E-state index contributed by atoms with van der Waals surface area (Å²) in [6.07, 6.45) is 2.59. The van der Waals surface area contributed by atoms with E-state index in [9.17, 15) is 0 Å². The summed E-state index contributed by atoms with van der Waals surface area (Å²) in [6.45, 7) is 5.44. The molecule has 1 fully saturated rings. The molecule has 0 aliphatic carbocycles. The molecule has 0 aromatic heterocycles. The number of piperidine rings is 1. The second-order valence-electron chi connectivity index (χ2n) is 5.98. The summed E-state index contributed by atoms with van der Waals surface area (Å²) < 4.78 is 0. The first kappa shape index (κ1) is 14.5. The number of hydrogen-bond acceptors (Lipinski definition) is 3. The summed E-state index contributed by atoms with van der Waals surface area (Å²) in [6, 6.07) is 9.27. The summed E-state index contributed by atoms with van der Waals surface area (Å²) in [7, 11) is 4.35. The van der Waals surface area contributed by atoms with E-state index in [0.29, 0.717) is 6.04 Å². The Morgan fingerprint density at radius 1 is 1.37 bits per heavy atom. The highest BCUT2D eigenvalue weighted by Gasteiger charge is 2.23. The molecular weight excluding hydrogens is 234 g/mol. The Morgan fingerprint density at radius 3 is 2.79 bits per heavy atom. The zero-order valence-corrected chi connectivity index (χ0v) is 12.5. The Kier molecular flexibility index (Phi) is 4.97. The van der Waals surface area contributed by atoms with E-state index >= 15 is 0 Å². The standard InChI is InChI=1S/C16H27N3/c1-13-7-4-5-9-15(13)16(17)12-19-10-6-8-14(11-19)18(2)3/h4-5,7,9,14,16H,6,8,10-12,17H2,1-3H3. The lowest BCUT2D eigenvalue weighted by Gasteiger charge is -2.37. The number of likely N-dealkylation sites (tertiary alicyclic amines) is 1. The molecular formula is C16H27N3. The Labute approximate surface area is 117 Å². The fourth-order valence-electron chi connectivity index (χ4n) is 3.00. The van der Waals surface area contributed by atoms with Crippen LogP contribution in [0.4, 0.5) is 0 Å². The van der Waals surface area contributed by atoms with Crippen LogP contribution in [0.3, 0.4) is 0 Å². The van der Waals surface area contributed by atoms with Gasteiger partial charge >= 0.3 is 0 Å². The van der Waals surface area contributed by atoms with Gasteiger partial charge in [0.1, 0.15) is 0 Å². The number of likely N-dealkylation sites (N-methyl/N-ethyl adjacent to an activating group) is 1. The van der Waals surface area contributed by atoms with Crippen LogP contribution in [0.25, 0.3) is 0 Å². The molecule has 106 valence electrons. The molecule has 2 atom stereocenters. The summed E-state index contributed by atoms with van der Waals surface area (Å²) in [5.41, 5.74) is 8.98. The molecule has 19 heavy (non-hydrogen) atoms. The molecule has 0 radical (unpaired) electrons. The monoisotopic (exact) mass is 261 g/mol. The van der Waals surface area contributed by atoms with Gasteiger partial charge in [0.25, 0.3) is 0 Å². The average Bonchev–Trinajstić information content (AvgIpc) is 2.39. The molecule has 1 aliphatic rings. The largest absolute Gasteiger partial charge is 0.323 e. The summed E-state index contributed by atoms with van der Waals surface area (Å²) in [5.74, 6) is 0. The van der Waals surface area contributed by atoms with E-state index in [1.165, 1.54) is 30.5 Å². The van der Waals surface area contributed by atoms with Crippen molar-refractivity contribution in [1.82, 2.24) is 9.80 Å². The number of benzene rings is 1. The number of nitrogens with zero attached hydrogens (tertiary/aromatic N) is 2. The van der Waals surface area contributed by atoms with E-state index in [0.717, 1.165) is 13.1 Å². The van der Waals surface area contributed by atoms with Crippen LogP contribution in [0.2, 0.25) is 0 Å². The summed E-state index contributed by atoms with van der Waals surface area (Å²) in [5, 5.41) is 0. The van der Waals surface area contributed by atoms with Gasteiger partial charge in [-0.05, 0) is 51.5 Å². The minimum absolute atomic E-state index is 0.127. The van der Waals surface area contributed by atoms with Gasteiger partial charge in [0.15, 0.2) is 0 Å². The molecule has 3 heteroatoms. The topological polar surface area (TPSA) is 32.5 Å². The summed E-state index contributed by atoms with van der Waals surface area (Å²) >= 11 is 0. The van der Waals surface area contributed by atoms with Crippen molar-refractivity contribution in [3.8, 4) is 0 Å². The van der Waals surface area contributed by atoms with Crippen molar-refractivity contribution in [3.05, 3.63) is 35.4 Å². The van der Waals surface area contributed by atoms with Crippen molar-refractivity contribution in [2.24, 2.45) is 5.73 Å². The van der Waals surface area contributed by atoms with Gasteiger partial charge in [0, 0.05) is 25.2 Å². The number of hydrogen-bond donors (Lipinski definition) is 1. The molecule has 0 saturated carbocycles. The van der Waals surface area contributed by atoms with Crippen molar-refractivity contribution in [2.45, 2.75) is 31.8 Å². The predicted molar refractivity (Wildman–Crippen MR) is 81.3 cm³/mol. The second kappa shape index (κ2) is 6.51. The van der Waals surface area contributed by atoms with E-state index in [1.54, 1.807) is 0 Å². The Hall–Kier alpha value is -0.900. The first-order valence-corrected chi connectivity index (χ1v) is 7.28. The molecule has 1 aromatic rings. The Balaban J connectivity index is 1.95. The first-order chi connectivity index (χ1) is 9.08. The summed E-state index contributed by atoms with van der Waals surface area (Å²) in [4.78, 5) is 4.86. The normalized spacial score (nSPS) is 22.7. The third kappa shape index (κ3) is 3.78. The maximum absolute atomic E-state index is 6.39. The van der Waals surface area contributed by atoms with Gasteiger partial charge < -0.3 is 10.6 Å². The zero-order valence-electron chi connectivity index (χ0n) is 12.5. The lowest BCUT2D eigenvalue weighted by Crippen LogP contribution is -2.47. The highest BCUT2D eigenvalue weighted by molar-refractivity contribution is 5.28. The quantitative estimate of drug-likeness (QED) is 0.900. The highest BCUT2D eigenvalue weighted by atomic mass is 15.2.